The summed E-state index contributed by atoms with van der Waals surface area (Å²) in [5, 5.41) is 22.0. The number of hydrogen-bond donors (Lipinski definition) is 2. The number of aromatic nitrogens is 3. The summed E-state index contributed by atoms with van der Waals surface area (Å²) in [6, 6.07) is 5.01. The first-order valence-corrected chi connectivity index (χ1v) is 5.05. The molecule has 6 heteroatoms. The van der Waals surface area contributed by atoms with Gasteiger partial charge in [-0.2, -0.15) is 5.10 Å². The Labute approximate surface area is 97.2 Å². The molecule has 2 heterocycles. The minimum Gasteiger partial charge on any atom is -0.477 e. The zero-order valence-corrected chi connectivity index (χ0v) is 8.95. The Hall–Kier alpha value is -2.21. The van der Waals surface area contributed by atoms with E-state index in [9.17, 15) is 4.79 Å². The van der Waals surface area contributed by atoms with Crippen LogP contribution < -0.4 is 0 Å². The van der Waals surface area contributed by atoms with Crippen molar-refractivity contribution in [2.24, 2.45) is 0 Å². The Bertz CT molecular complexity index is 522. The number of hydrogen-bond acceptors (Lipinski definition) is 4. The molecular weight excluding hydrogens is 222 g/mol. The molecule has 0 atom stereocenters. The summed E-state index contributed by atoms with van der Waals surface area (Å²) in [6.45, 7) is -0.00364. The third kappa shape index (κ3) is 2.31. The van der Waals surface area contributed by atoms with Crippen LogP contribution in [-0.2, 0) is 6.54 Å². The van der Waals surface area contributed by atoms with Gasteiger partial charge in [0.2, 0.25) is 0 Å². The van der Waals surface area contributed by atoms with Crippen LogP contribution >= 0.6 is 0 Å². The normalized spacial score (nSPS) is 10.4. The van der Waals surface area contributed by atoms with Gasteiger partial charge in [0, 0.05) is 18.0 Å². The molecule has 0 amide bonds. The van der Waals surface area contributed by atoms with Gasteiger partial charge < -0.3 is 10.2 Å². The summed E-state index contributed by atoms with van der Waals surface area (Å²) in [4.78, 5) is 14.9. The number of nitrogens with zero attached hydrogens (tertiary/aromatic N) is 3. The van der Waals surface area contributed by atoms with Crippen molar-refractivity contribution in [2.45, 2.75) is 6.54 Å². The number of carboxylic acids is 1. The van der Waals surface area contributed by atoms with Crippen LogP contribution in [0.5, 0.6) is 0 Å². The smallest absolute Gasteiger partial charge is 0.354 e. The summed E-state index contributed by atoms with van der Waals surface area (Å²) < 4.78 is 1.27. The molecule has 2 aromatic heterocycles. The van der Waals surface area contributed by atoms with Gasteiger partial charge in [0.25, 0.3) is 0 Å². The number of aromatic carboxylic acids is 1. The highest BCUT2D eigenvalue weighted by molar-refractivity contribution is 5.87. The highest BCUT2D eigenvalue weighted by atomic mass is 16.4. The molecule has 0 spiro atoms. The fraction of sp³-hybridized carbons (Fsp3) is 0.182. The van der Waals surface area contributed by atoms with Crippen molar-refractivity contribution in [1.29, 1.82) is 0 Å². The number of carboxylic acid groups (broad SMARTS) is 1. The topological polar surface area (TPSA) is 88.2 Å². The number of pyridine rings is 1. The molecule has 2 aromatic rings. The SMILES string of the molecule is O=C(O)c1cc(-c2cccnc2)nn1CCO. The maximum Gasteiger partial charge on any atom is 0.354 e. The van der Waals surface area contributed by atoms with Gasteiger partial charge in [-0.25, -0.2) is 4.79 Å². The third-order valence-electron chi connectivity index (χ3n) is 2.27. The fourth-order valence-corrected chi connectivity index (χ4v) is 1.51. The van der Waals surface area contributed by atoms with Crippen molar-refractivity contribution in [3.63, 3.8) is 0 Å². The van der Waals surface area contributed by atoms with E-state index < -0.39 is 5.97 Å². The van der Waals surface area contributed by atoms with Crippen molar-refractivity contribution in [3.05, 3.63) is 36.3 Å². The second-order valence-corrected chi connectivity index (χ2v) is 3.41. The van der Waals surface area contributed by atoms with Crippen LogP contribution in [0.1, 0.15) is 10.5 Å². The van der Waals surface area contributed by atoms with E-state index in [0.29, 0.717) is 5.69 Å². The Balaban J connectivity index is 2.44. The predicted octanol–water partition coefficient (Wildman–Crippen LogP) is 0.636. The maximum absolute atomic E-state index is 11.0. The lowest BCUT2D eigenvalue weighted by Gasteiger charge is -2.00. The second kappa shape index (κ2) is 4.75. The third-order valence-corrected chi connectivity index (χ3v) is 2.27. The van der Waals surface area contributed by atoms with Gasteiger partial charge in [-0.05, 0) is 18.2 Å². The van der Waals surface area contributed by atoms with Gasteiger partial charge in [-0.1, -0.05) is 0 Å². The molecule has 0 saturated heterocycles. The van der Waals surface area contributed by atoms with Crippen LogP contribution in [0, 0.1) is 0 Å². The van der Waals surface area contributed by atoms with Crippen molar-refractivity contribution < 1.29 is 15.0 Å². The molecule has 0 radical (unpaired) electrons. The summed E-state index contributed by atoms with van der Waals surface area (Å²) in [5.74, 6) is -1.07. The monoisotopic (exact) mass is 233 g/mol. The molecule has 0 unspecified atom stereocenters. The molecule has 88 valence electrons. The largest absolute Gasteiger partial charge is 0.477 e. The summed E-state index contributed by atoms with van der Waals surface area (Å²) in [6.07, 6.45) is 3.24. The molecule has 0 aliphatic carbocycles. The highest BCUT2D eigenvalue weighted by Crippen LogP contribution is 2.17. The zero-order valence-electron chi connectivity index (χ0n) is 8.95. The fourth-order valence-electron chi connectivity index (χ4n) is 1.51. The lowest BCUT2D eigenvalue weighted by Crippen LogP contribution is -2.12. The first kappa shape index (κ1) is 11.3. The molecule has 2 N–H and O–H groups in total. The Morgan fingerprint density at radius 1 is 1.47 bits per heavy atom. The second-order valence-electron chi connectivity index (χ2n) is 3.41. The van der Waals surface area contributed by atoms with Crippen LogP contribution in [0.25, 0.3) is 11.3 Å². The van der Waals surface area contributed by atoms with E-state index >= 15 is 0 Å². The van der Waals surface area contributed by atoms with Crippen LogP contribution in [0.2, 0.25) is 0 Å². The van der Waals surface area contributed by atoms with Crippen molar-refractivity contribution in [3.8, 4) is 11.3 Å². The molecule has 0 aliphatic heterocycles. The van der Waals surface area contributed by atoms with Gasteiger partial charge in [0.15, 0.2) is 0 Å². The lowest BCUT2D eigenvalue weighted by atomic mass is 10.2. The molecule has 0 saturated carbocycles. The summed E-state index contributed by atoms with van der Waals surface area (Å²) >= 11 is 0. The van der Waals surface area contributed by atoms with Crippen molar-refractivity contribution in [1.82, 2.24) is 14.8 Å². The lowest BCUT2D eigenvalue weighted by molar-refractivity contribution is 0.0681. The molecule has 0 aromatic carbocycles. The Kier molecular flexibility index (Phi) is 3.15. The van der Waals surface area contributed by atoms with E-state index in [1.807, 2.05) is 0 Å². The molecule has 6 nitrogen and oxygen atoms in total. The maximum atomic E-state index is 11.0. The zero-order chi connectivity index (χ0) is 12.3. The van der Waals surface area contributed by atoms with E-state index in [-0.39, 0.29) is 18.8 Å². The van der Waals surface area contributed by atoms with Gasteiger partial charge in [0.05, 0.1) is 18.8 Å². The standard InChI is InChI=1S/C11H11N3O3/c15-5-4-14-10(11(16)17)6-9(13-14)8-2-1-3-12-7-8/h1-3,6-7,15H,4-5H2,(H,16,17). The van der Waals surface area contributed by atoms with E-state index in [2.05, 4.69) is 10.1 Å². The van der Waals surface area contributed by atoms with E-state index in [0.717, 1.165) is 5.56 Å². The average Bonchev–Trinajstić information content (AvgIpc) is 2.75. The molecular formula is C11H11N3O3. The van der Waals surface area contributed by atoms with Crippen LogP contribution in [0.4, 0.5) is 0 Å². The van der Waals surface area contributed by atoms with Crippen LogP contribution in [0.3, 0.4) is 0 Å². The minimum absolute atomic E-state index is 0.0536. The van der Waals surface area contributed by atoms with Gasteiger partial charge in [0.1, 0.15) is 5.69 Å². The molecule has 0 bridgehead atoms. The summed E-state index contributed by atoms with van der Waals surface area (Å²) in [5.41, 5.74) is 1.33. The van der Waals surface area contributed by atoms with Crippen LogP contribution in [0.15, 0.2) is 30.6 Å². The first-order valence-electron chi connectivity index (χ1n) is 5.05. The van der Waals surface area contributed by atoms with Crippen molar-refractivity contribution in [2.75, 3.05) is 6.61 Å². The molecule has 0 fully saturated rings. The number of rotatable bonds is 4. The predicted molar refractivity (Wildman–Crippen MR) is 59.5 cm³/mol. The number of aliphatic hydroxyl groups is 1. The number of aliphatic hydroxyl groups excluding tert-OH is 1. The van der Waals surface area contributed by atoms with Gasteiger partial charge >= 0.3 is 5.97 Å². The minimum atomic E-state index is -1.07. The molecule has 2 rings (SSSR count). The van der Waals surface area contributed by atoms with Crippen molar-refractivity contribution >= 4 is 5.97 Å². The van der Waals surface area contributed by atoms with E-state index in [1.165, 1.54) is 10.7 Å². The average molecular weight is 233 g/mol. The Morgan fingerprint density at radius 3 is 2.88 bits per heavy atom. The highest BCUT2D eigenvalue weighted by Gasteiger charge is 2.14. The Morgan fingerprint density at radius 2 is 2.29 bits per heavy atom. The quantitative estimate of drug-likeness (QED) is 0.808. The van der Waals surface area contributed by atoms with Crippen LogP contribution in [-0.4, -0.2) is 37.6 Å². The first-order chi connectivity index (χ1) is 8.22. The van der Waals surface area contributed by atoms with E-state index in [4.69, 9.17) is 10.2 Å². The number of carbonyl (C=O) groups is 1. The van der Waals surface area contributed by atoms with Gasteiger partial charge in [-0.3, -0.25) is 9.67 Å². The molecule has 17 heavy (non-hydrogen) atoms. The van der Waals surface area contributed by atoms with E-state index in [1.54, 1.807) is 24.5 Å². The summed E-state index contributed by atoms with van der Waals surface area (Å²) in [7, 11) is 0. The van der Waals surface area contributed by atoms with Gasteiger partial charge in [-0.15, -0.1) is 0 Å². The molecule has 0 aliphatic rings.